The fourth-order valence-corrected chi connectivity index (χ4v) is 2.58. The van der Waals surface area contributed by atoms with Gasteiger partial charge < -0.3 is 14.0 Å². The average molecular weight is 297 g/mol. The molecule has 1 aromatic carbocycles. The Morgan fingerprint density at radius 1 is 1.35 bits per heavy atom. The van der Waals surface area contributed by atoms with Gasteiger partial charge in [-0.05, 0) is 32.9 Å². The number of methoxy groups -OCH3 is 1. The molecule has 1 aromatic heterocycles. The fraction of sp³-hybridized carbons (Fsp3) is 0.533. The van der Waals surface area contributed by atoms with Crippen LogP contribution in [0.1, 0.15) is 26.6 Å². The molecule has 0 spiro atoms. The van der Waals surface area contributed by atoms with Crippen LogP contribution in [0.2, 0.25) is 0 Å². The lowest BCUT2D eigenvalue weighted by atomic mass is 10.1. The fourth-order valence-electron chi connectivity index (χ4n) is 2.37. The Labute approximate surface area is 124 Å². The third-order valence-electron chi connectivity index (χ3n) is 3.23. The molecule has 4 nitrogen and oxygen atoms in total. The van der Waals surface area contributed by atoms with Gasteiger partial charge in [0.05, 0.1) is 36.2 Å². The van der Waals surface area contributed by atoms with Crippen LogP contribution < -0.4 is 4.74 Å². The molecule has 0 radical (unpaired) electrons. The van der Waals surface area contributed by atoms with Crippen LogP contribution in [0.3, 0.4) is 0 Å². The summed E-state index contributed by atoms with van der Waals surface area (Å²) in [7, 11) is 1.66. The number of nitrogens with zero attached hydrogens (tertiary/aromatic N) is 2. The van der Waals surface area contributed by atoms with Crippen molar-refractivity contribution in [2.45, 2.75) is 38.8 Å². The van der Waals surface area contributed by atoms with E-state index in [1.54, 1.807) is 7.11 Å². The van der Waals surface area contributed by atoms with E-state index in [2.05, 4.69) is 23.4 Å². The van der Waals surface area contributed by atoms with Crippen molar-refractivity contribution >= 4 is 22.6 Å². The topological polar surface area (TPSA) is 36.3 Å². The van der Waals surface area contributed by atoms with Crippen LogP contribution in [0.25, 0.3) is 11.0 Å². The van der Waals surface area contributed by atoms with Gasteiger partial charge in [0, 0.05) is 12.7 Å². The number of alkyl halides is 1. The van der Waals surface area contributed by atoms with Gasteiger partial charge in [-0.2, -0.15) is 0 Å². The van der Waals surface area contributed by atoms with E-state index in [0.717, 1.165) is 22.6 Å². The van der Waals surface area contributed by atoms with E-state index in [9.17, 15) is 0 Å². The minimum atomic E-state index is -0.272. The molecule has 0 N–H and O–H groups in total. The summed E-state index contributed by atoms with van der Waals surface area (Å²) < 4.78 is 13.2. The van der Waals surface area contributed by atoms with Crippen LogP contribution in [-0.2, 0) is 17.2 Å². The summed E-state index contributed by atoms with van der Waals surface area (Å²) >= 11 is 6.03. The lowest BCUT2D eigenvalue weighted by Crippen LogP contribution is -2.31. The van der Waals surface area contributed by atoms with E-state index in [1.165, 1.54) is 0 Å². The van der Waals surface area contributed by atoms with Crippen LogP contribution in [-0.4, -0.2) is 28.9 Å². The Hall–Kier alpha value is -1.26. The smallest absolute Gasteiger partial charge is 0.124 e. The highest BCUT2D eigenvalue weighted by Crippen LogP contribution is 2.25. The van der Waals surface area contributed by atoms with Crippen LogP contribution in [0.5, 0.6) is 5.75 Å². The Morgan fingerprint density at radius 2 is 2.10 bits per heavy atom. The highest BCUT2D eigenvalue weighted by atomic mass is 35.5. The summed E-state index contributed by atoms with van der Waals surface area (Å²) in [5, 5.41) is 0. The van der Waals surface area contributed by atoms with Crippen molar-refractivity contribution in [2.75, 3.05) is 13.7 Å². The third kappa shape index (κ3) is 3.07. The van der Waals surface area contributed by atoms with Crippen LogP contribution >= 0.6 is 11.6 Å². The molecule has 20 heavy (non-hydrogen) atoms. The molecular formula is C15H21ClN2O2. The van der Waals surface area contributed by atoms with Crippen LogP contribution in [0, 0.1) is 0 Å². The second kappa shape index (κ2) is 6.02. The third-order valence-corrected chi connectivity index (χ3v) is 3.47. The van der Waals surface area contributed by atoms with Gasteiger partial charge in [-0.15, -0.1) is 11.6 Å². The van der Waals surface area contributed by atoms with E-state index in [0.29, 0.717) is 19.0 Å². The van der Waals surface area contributed by atoms with E-state index in [1.807, 2.05) is 25.1 Å². The maximum absolute atomic E-state index is 6.03. The zero-order valence-electron chi connectivity index (χ0n) is 12.4. The molecule has 2 rings (SSSR count). The minimum absolute atomic E-state index is 0.272. The molecule has 0 unspecified atom stereocenters. The zero-order valence-corrected chi connectivity index (χ0v) is 13.2. The SMILES string of the molecule is CCOC(C)(C)Cn1c(CCl)nc2ccc(OC)cc21. The summed E-state index contributed by atoms with van der Waals surface area (Å²) in [6.07, 6.45) is 0. The summed E-state index contributed by atoms with van der Waals surface area (Å²) in [5.74, 6) is 2.04. The van der Waals surface area contributed by atoms with Gasteiger partial charge in [0.15, 0.2) is 0 Å². The quantitative estimate of drug-likeness (QED) is 0.764. The normalized spacial score (nSPS) is 12.1. The number of benzene rings is 1. The molecule has 5 heteroatoms. The largest absolute Gasteiger partial charge is 0.497 e. The molecule has 0 aliphatic carbocycles. The van der Waals surface area contributed by atoms with E-state index in [4.69, 9.17) is 21.1 Å². The Kier molecular flexibility index (Phi) is 4.55. The molecular weight excluding hydrogens is 276 g/mol. The monoisotopic (exact) mass is 296 g/mol. The van der Waals surface area contributed by atoms with Crippen molar-refractivity contribution in [3.8, 4) is 5.75 Å². The van der Waals surface area contributed by atoms with E-state index < -0.39 is 0 Å². The first kappa shape index (κ1) is 15.1. The summed E-state index contributed by atoms with van der Waals surface area (Å²) in [4.78, 5) is 4.57. The van der Waals surface area contributed by atoms with Crippen molar-refractivity contribution < 1.29 is 9.47 Å². The van der Waals surface area contributed by atoms with Crippen molar-refractivity contribution in [2.24, 2.45) is 0 Å². The first-order chi connectivity index (χ1) is 9.50. The van der Waals surface area contributed by atoms with E-state index in [-0.39, 0.29) is 5.60 Å². The van der Waals surface area contributed by atoms with Gasteiger partial charge in [0.2, 0.25) is 0 Å². The summed E-state index contributed by atoms with van der Waals surface area (Å²) in [5.41, 5.74) is 1.67. The van der Waals surface area contributed by atoms with Gasteiger partial charge >= 0.3 is 0 Å². The highest BCUT2D eigenvalue weighted by Gasteiger charge is 2.22. The predicted molar refractivity (Wildman–Crippen MR) is 81.5 cm³/mol. The van der Waals surface area contributed by atoms with Crippen LogP contribution in [0.15, 0.2) is 18.2 Å². The Bertz CT molecular complexity index is 593. The summed E-state index contributed by atoms with van der Waals surface area (Å²) in [6.45, 7) is 7.52. The van der Waals surface area contributed by atoms with Gasteiger partial charge in [-0.25, -0.2) is 4.98 Å². The summed E-state index contributed by atoms with van der Waals surface area (Å²) in [6, 6.07) is 5.85. The molecule has 0 amide bonds. The molecule has 0 saturated heterocycles. The number of halogens is 1. The molecule has 0 aliphatic heterocycles. The van der Waals surface area contributed by atoms with Gasteiger partial charge in [0.25, 0.3) is 0 Å². The van der Waals surface area contributed by atoms with Crippen LogP contribution in [0.4, 0.5) is 0 Å². The van der Waals surface area contributed by atoms with Crippen molar-refractivity contribution in [3.05, 3.63) is 24.0 Å². The molecule has 0 saturated carbocycles. The maximum atomic E-state index is 6.03. The Morgan fingerprint density at radius 3 is 2.70 bits per heavy atom. The average Bonchev–Trinajstić information content (AvgIpc) is 2.75. The number of hydrogen-bond acceptors (Lipinski definition) is 3. The van der Waals surface area contributed by atoms with Gasteiger partial charge in [-0.1, -0.05) is 0 Å². The molecule has 0 atom stereocenters. The number of hydrogen-bond donors (Lipinski definition) is 0. The molecule has 2 aromatic rings. The minimum Gasteiger partial charge on any atom is -0.497 e. The number of ether oxygens (including phenoxy) is 2. The maximum Gasteiger partial charge on any atom is 0.124 e. The lowest BCUT2D eigenvalue weighted by molar-refractivity contribution is -0.0220. The number of imidazole rings is 1. The Balaban J connectivity index is 2.48. The van der Waals surface area contributed by atoms with Crippen molar-refractivity contribution in [1.29, 1.82) is 0 Å². The zero-order chi connectivity index (χ0) is 14.8. The number of fused-ring (bicyclic) bond motifs is 1. The predicted octanol–water partition coefficient (Wildman–Crippen LogP) is 3.60. The van der Waals surface area contributed by atoms with E-state index >= 15 is 0 Å². The molecule has 0 aliphatic rings. The lowest BCUT2D eigenvalue weighted by Gasteiger charge is -2.26. The van der Waals surface area contributed by atoms with Crippen molar-refractivity contribution in [1.82, 2.24) is 9.55 Å². The number of aromatic nitrogens is 2. The number of rotatable bonds is 6. The molecule has 0 fully saturated rings. The first-order valence-electron chi connectivity index (χ1n) is 6.74. The first-order valence-corrected chi connectivity index (χ1v) is 7.27. The molecule has 0 bridgehead atoms. The van der Waals surface area contributed by atoms with Gasteiger partial charge in [0.1, 0.15) is 11.6 Å². The molecule has 110 valence electrons. The van der Waals surface area contributed by atoms with Crippen molar-refractivity contribution in [3.63, 3.8) is 0 Å². The van der Waals surface area contributed by atoms with Gasteiger partial charge in [-0.3, -0.25) is 0 Å². The second-order valence-corrected chi connectivity index (χ2v) is 5.56. The second-order valence-electron chi connectivity index (χ2n) is 5.30. The highest BCUT2D eigenvalue weighted by molar-refractivity contribution is 6.16. The standard InChI is InChI=1S/C15H21ClN2O2/c1-5-20-15(2,3)10-18-13-8-11(19-4)6-7-12(13)17-14(18)9-16/h6-8H,5,9-10H2,1-4H3. The molecule has 1 heterocycles.